The molecule has 0 atom stereocenters. The summed E-state index contributed by atoms with van der Waals surface area (Å²) in [5.41, 5.74) is 9.22. The van der Waals surface area contributed by atoms with E-state index in [-0.39, 0.29) is 6.61 Å². The van der Waals surface area contributed by atoms with Gasteiger partial charge in [-0.15, -0.1) is 0 Å². The van der Waals surface area contributed by atoms with Gasteiger partial charge in [-0.25, -0.2) is 4.79 Å². The van der Waals surface area contributed by atoms with E-state index in [9.17, 15) is 4.79 Å². The quantitative estimate of drug-likeness (QED) is 0.676. The van der Waals surface area contributed by atoms with E-state index in [0.717, 1.165) is 17.0 Å². The molecule has 0 radical (unpaired) electrons. The Morgan fingerprint density at radius 3 is 2.74 bits per heavy atom. The monoisotopic (exact) mass is 259 g/mol. The summed E-state index contributed by atoms with van der Waals surface area (Å²) in [4.78, 5) is 12.0. The number of ether oxygens (including phenoxy) is 1. The molecular formula is C14H17N3O2. The second-order valence-electron chi connectivity index (χ2n) is 4.52. The molecule has 0 spiro atoms. The van der Waals surface area contributed by atoms with Gasteiger partial charge in [0.1, 0.15) is 6.61 Å². The molecule has 0 aliphatic rings. The molecule has 19 heavy (non-hydrogen) atoms. The van der Waals surface area contributed by atoms with E-state index in [1.165, 1.54) is 0 Å². The lowest BCUT2D eigenvalue weighted by Gasteiger charge is -2.09. The number of hydrogen-bond acceptors (Lipinski definition) is 4. The molecular weight excluding hydrogens is 242 g/mol. The van der Waals surface area contributed by atoms with E-state index in [2.05, 4.69) is 5.10 Å². The molecule has 5 heteroatoms. The van der Waals surface area contributed by atoms with Crippen molar-refractivity contribution in [3.05, 3.63) is 46.8 Å². The van der Waals surface area contributed by atoms with E-state index in [1.54, 1.807) is 10.7 Å². The summed E-state index contributed by atoms with van der Waals surface area (Å²) in [5, 5.41) is 4.20. The molecule has 0 saturated heterocycles. The van der Waals surface area contributed by atoms with Gasteiger partial charge < -0.3 is 10.5 Å². The van der Waals surface area contributed by atoms with Crippen LogP contribution in [0.25, 0.3) is 0 Å². The Kier molecular flexibility index (Phi) is 3.55. The highest BCUT2D eigenvalue weighted by molar-refractivity contribution is 5.96. The van der Waals surface area contributed by atoms with E-state index >= 15 is 0 Å². The van der Waals surface area contributed by atoms with E-state index in [1.807, 2.05) is 39.1 Å². The topological polar surface area (TPSA) is 70.1 Å². The highest BCUT2D eigenvalue weighted by Crippen LogP contribution is 2.18. The zero-order valence-corrected chi connectivity index (χ0v) is 11.3. The van der Waals surface area contributed by atoms with Crippen LogP contribution in [0.1, 0.15) is 27.3 Å². The molecule has 0 aliphatic carbocycles. The van der Waals surface area contributed by atoms with E-state index in [0.29, 0.717) is 11.3 Å². The molecule has 0 fully saturated rings. The normalized spacial score (nSPS) is 10.5. The van der Waals surface area contributed by atoms with Gasteiger partial charge in [-0.2, -0.15) is 5.10 Å². The number of anilines is 1. The largest absolute Gasteiger partial charge is 0.456 e. The van der Waals surface area contributed by atoms with Crippen LogP contribution >= 0.6 is 0 Å². The van der Waals surface area contributed by atoms with Gasteiger partial charge in [0.15, 0.2) is 0 Å². The van der Waals surface area contributed by atoms with Crippen LogP contribution in [0.3, 0.4) is 0 Å². The standard InChI is InChI=1S/C14H17N3O2/c1-9-5-4-6-12(15)13(9)14(18)19-8-11-7-10(2)16-17(11)3/h4-7H,8,15H2,1-3H3. The molecule has 0 saturated carbocycles. The molecule has 1 heterocycles. The number of aryl methyl sites for hydroxylation is 3. The first-order valence-corrected chi connectivity index (χ1v) is 6.00. The molecule has 5 nitrogen and oxygen atoms in total. The number of nitrogen functional groups attached to an aromatic ring is 1. The van der Waals surface area contributed by atoms with Gasteiger partial charge in [0.2, 0.25) is 0 Å². The Bertz CT molecular complexity index is 597. The Labute approximate surface area is 112 Å². The number of carbonyl (C=O) groups is 1. The van der Waals surface area contributed by atoms with Gasteiger partial charge in [0.05, 0.1) is 17.0 Å². The number of rotatable bonds is 3. The summed E-state index contributed by atoms with van der Waals surface area (Å²) in [6, 6.07) is 7.22. The van der Waals surface area contributed by atoms with Crippen molar-refractivity contribution in [2.24, 2.45) is 7.05 Å². The molecule has 0 aliphatic heterocycles. The van der Waals surface area contributed by atoms with Crippen molar-refractivity contribution in [3.63, 3.8) is 0 Å². The fourth-order valence-electron chi connectivity index (χ4n) is 1.98. The fourth-order valence-corrected chi connectivity index (χ4v) is 1.98. The minimum atomic E-state index is -0.408. The maximum absolute atomic E-state index is 12.0. The third-order valence-electron chi connectivity index (χ3n) is 2.96. The Morgan fingerprint density at radius 1 is 1.42 bits per heavy atom. The maximum Gasteiger partial charge on any atom is 0.340 e. The number of hydrogen-bond donors (Lipinski definition) is 1. The van der Waals surface area contributed by atoms with Crippen molar-refractivity contribution in [2.45, 2.75) is 20.5 Å². The minimum absolute atomic E-state index is 0.184. The molecule has 1 aromatic carbocycles. The summed E-state index contributed by atoms with van der Waals surface area (Å²) < 4.78 is 6.99. The highest BCUT2D eigenvalue weighted by atomic mass is 16.5. The number of benzene rings is 1. The first-order valence-electron chi connectivity index (χ1n) is 6.00. The zero-order valence-electron chi connectivity index (χ0n) is 11.3. The van der Waals surface area contributed by atoms with Crippen LogP contribution in [0.5, 0.6) is 0 Å². The maximum atomic E-state index is 12.0. The molecule has 1 aromatic heterocycles. The SMILES string of the molecule is Cc1cc(COC(=O)c2c(C)cccc2N)n(C)n1. The van der Waals surface area contributed by atoms with E-state index in [4.69, 9.17) is 10.5 Å². The van der Waals surface area contributed by atoms with Crippen LogP contribution in [0.2, 0.25) is 0 Å². The van der Waals surface area contributed by atoms with Crippen LogP contribution < -0.4 is 5.73 Å². The Balaban J connectivity index is 2.12. The zero-order chi connectivity index (χ0) is 14.0. The predicted molar refractivity (Wildman–Crippen MR) is 72.7 cm³/mol. The van der Waals surface area contributed by atoms with Crippen LogP contribution in [-0.2, 0) is 18.4 Å². The highest BCUT2D eigenvalue weighted by Gasteiger charge is 2.15. The van der Waals surface area contributed by atoms with Gasteiger partial charge in [-0.3, -0.25) is 4.68 Å². The third-order valence-corrected chi connectivity index (χ3v) is 2.96. The average molecular weight is 259 g/mol. The second kappa shape index (κ2) is 5.14. The summed E-state index contributed by atoms with van der Waals surface area (Å²) in [6.45, 7) is 3.91. The van der Waals surface area contributed by atoms with Gasteiger partial charge in [-0.1, -0.05) is 12.1 Å². The lowest BCUT2D eigenvalue weighted by Crippen LogP contribution is -2.11. The summed E-state index contributed by atoms with van der Waals surface area (Å²) in [5.74, 6) is -0.408. The molecule has 2 N–H and O–H groups in total. The molecule has 2 aromatic rings. The van der Waals surface area contributed by atoms with Crippen LogP contribution in [0, 0.1) is 13.8 Å². The number of esters is 1. The summed E-state index contributed by atoms with van der Waals surface area (Å²) in [6.07, 6.45) is 0. The van der Waals surface area contributed by atoms with Crippen LogP contribution in [-0.4, -0.2) is 15.7 Å². The fraction of sp³-hybridized carbons (Fsp3) is 0.286. The Hall–Kier alpha value is -2.30. The van der Waals surface area contributed by atoms with Gasteiger partial charge in [0.25, 0.3) is 0 Å². The van der Waals surface area contributed by atoms with Gasteiger partial charge in [-0.05, 0) is 31.5 Å². The summed E-state index contributed by atoms with van der Waals surface area (Å²) in [7, 11) is 1.82. The number of nitrogens with two attached hydrogens (primary N) is 1. The van der Waals surface area contributed by atoms with E-state index < -0.39 is 5.97 Å². The molecule has 0 unspecified atom stereocenters. The predicted octanol–water partition coefficient (Wildman–Crippen LogP) is 1.98. The number of carbonyl (C=O) groups excluding carboxylic acids is 1. The minimum Gasteiger partial charge on any atom is -0.456 e. The Morgan fingerprint density at radius 2 is 2.16 bits per heavy atom. The smallest absolute Gasteiger partial charge is 0.340 e. The number of nitrogens with zero attached hydrogens (tertiary/aromatic N) is 2. The number of aromatic nitrogens is 2. The second-order valence-corrected chi connectivity index (χ2v) is 4.52. The van der Waals surface area contributed by atoms with Crippen molar-refractivity contribution in [3.8, 4) is 0 Å². The molecule has 100 valence electrons. The lowest BCUT2D eigenvalue weighted by molar-refractivity contribution is 0.0464. The first kappa shape index (κ1) is 13.1. The van der Waals surface area contributed by atoms with Crippen molar-refractivity contribution < 1.29 is 9.53 Å². The van der Waals surface area contributed by atoms with Crippen molar-refractivity contribution in [1.82, 2.24) is 9.78 Å². The van der Waals surface area contributed by atoms with Crippen molar-refractivity contribution in [1.29, 1.82) is 0 Å². The summed E-state index contributed by atoms with van der Waals surface area (Å²) >= 11 is 0. The molecule has 0 bridgehead atoms. The lowest BCUT2D eigenvalue weighted by atomic mass is 10.1. The molecule has 2 rings (SSSR count). The van der Waals surface area contributed by atoms with Crippen LogP contribution in [0.15, 0.2) is 24.3 Å². The van der Waals surface area contributed by atoms with Gasteiger partial charge >= 0.3 is 5.97 Å². The third kappa shape index (κ3) is 2.76. The molecule has 0 amide bonds. The average Bonchev–Trinajstić information content (AvgIpc) is 2.65. The van der Waals surface area contributed by atoms with Crippen molar-refractivity contribution >= 4 is 11.7 Å². The van der Waals surface area contributed by atoms with Crippen molar-refractivity contribution in [2.75, 3.05) is 5.73 Å². The first-order chi connectivity index (χ1) is 8.99. The van der Waals surface area contributed by atoms with Gasteiger partial charge in [0, 0.05) is 12.7 Å². The van der Waals surface area contributed by atoms with Crippen LogP contribution in [0.4, 0.5) is 5.69 Å².